The number of phenols is 1. The number of nitrogens with one attached hydrogen (secondary N) is 1. The summed E-state index contributed by atoms with van der Waals surface area (Å²) in [6.45, 7) is -0.105. The lowest BCUT2D eigenvalue weighted by Gasteiger charge is -2.05. The molecule has 14 heavy (non-hydrogen) atoms. The average molecular weight is 199 g/mol. The fourth-order valence-electron chi connectivity index (χ4n) is 1.01. The summed E-state index contributed by atoms with van der Waals surface area (Å²) in [4.78, 5) is 10.1. The Balaban J connectivity index is 2.59. The van der Waals surface area contributed by atoms with Gasteiger partial charge < -0.3 is 15.5 Å². The van der Waals surface area contributed by atoms with Crippen LogP contribution in [0.4, 0.5) is 4.39 Å². The molecule has 0 radical (unpaired) electrons. The Morgan fingerprint density at radius 3 is 2.86 bits per heavy atom. The van der Waals surface area contributed by atoms with Crippen molar-refractivity contribution in [1.82, 2.24) is 5.32 Å². The Hall–Kier alpha value is -1.62. The molecule has 0 spiro atoms. The normalized spacial score (nSPS) is 10.1. The van der Waals surface area contributed by atoms with Gasteiger partial charge in [-0.25, -0.2) is 4.39 Å². The molecular formula is C9H10FNO3. The number of carbonyl (C=O) groups is 1. The van der Waals surface area contributed by atoms with E-state index in [1.807, 2.05) is 0 Å². The van der Waals surface area contributed by atoms with Crippen LogP contribution in [0.3, 0.4) is 0 Å². The molecule has 1 aromatic carbocycles. The minimum atomic E-state index is -0.999. The first-order chi connectivity index (χ1) is 6.61. The molecule has 0 saturated heterocycles. The van der Waals surface area contributed by atoms with E-state index in [-0.39, 0.29) is 13.1 Å². The van der Waals surface area contributed by atoms with Gasteiger partial charge in [-0.2, -0.15) is 0 Å². The van der Waals surface area contributed by atoms with Crippen LogP contribution in [-0.2, 0) is 11.3 Å². The van der Waals surface area contributed by atoms with Crippen molar-refractivity contribution >= 4 is 5.97 Å². The van der Waals surface area contributed by atoms with Crippen LogP contribution in [0, 0.1) is 5.82 Å². The maximum Gasteiger partial charge on any atom is 0.317 e. The summed E-state index contributed by atoms with van der Waals surface area (Å²) in [6, 6.07) is 4.11. The molecule has 1 rings (SSSR count). The van der Waals surface area contributed by atoms with E-state index in [2.05, 4.69) is 5.32 Å². The van der Waals surface area contributed by atoms with Gasteiger partial charge >= 0.3 is 5.97 Å². The number of carboxylic acids is 1. The van der Waals surface area contributed by atoms with Gasteiger partial charge in [0.25, 0.3) is 0 Å². The molecule has 0 bridgehead atoms. The zero-order valence-corrected chi connectivity index (χ0v) is 7.33. The lowest BCUT2D eigenvalue weighted by molar-refractivity contribution is -0.136. The first-order valence-corrected chi connectivity index (χ1v) is 4.00. The topological polar surface area (TPSA) is 69.6 Å². The standard InChI is InChI=1S/C9H10FNO3/c10-7-3-1-2-6(9(7)14)4-11-5-8(12)13/h1-3,11,14H,4-5H2,(H,12,13). The minimum absolute atomic E-state index is 0.121. The molecule has 0 amide bonds. The molecule has 0 fully saturated rings. The van der Waals surface area contributed by atoms with Gasteiger partial charge in [0.05, 0.1) is 6.54 Å². The second-order valence-corrected chi connectivity index (χ2v) is 2.74. The number of benzene rings is 1. The second-order valence-electron chi connectivity index (χ2n) is 2.74. The largest absolute Gasteiger partial charge is 0.505 e. The molecule has 0 aliphatic carbocycles. The van der Waals surface area contributed by atoms with Gasteiger partial charge in [-0.15, -0.1) is 0 Å². The van der Waals surface area contributed by atoms with E-state index in [1.165, 1.54) is 12.1 Å². The molecule has 0 unspecified atom stereocenters. The second kappa shape index (κ2) is 4.57. The van der Waals surface area contributed by atoms with E-state index in [4.69, 9.17) is 5.11 Å². The van der Waals surface area contributed by atoms with E-state index in [0.717, 1.165) is 6.07 Å². The Morgan fingerprint density at radius 1 is 1.50 bits per heavy atom. The van der Waals surface area contributed by atoms with Crippen molar-refractivity contribution in [2.75, 3.05) is 6.54 Å². The molecular weight excluding hydrogens is 189 g/mol. The van der Waals surface area contributed by atoms with Gasteiger partial charge in [-0.1, -0.05) is 12.1 Å². The maximum absolute atomic E-state index is 12.8. The highest BCUT2D eigenvalue weighted by molar-refractivity contribution is 5.69. The molecule has 3 N–H and O–H groups in total. The fourth-order valence-corrected chi connectivity index (χ4v) is 1.01. The molecule has 76 valence electrons. The SMILES string of the molecule is O=C(O)CNCc1cccc(F)c1O. The summed E-state index contributed by atoms with van der Waals surface area (Å²) in [5.74, 6) is -2.15. The predicted octanol–water partition coefficient (Wildman–Crippen LogP) is 0.705. The fraction of sp³-hybridized carbons (Fsp3) is 0.222. The molecule has 1 aromatic rings. The van der Waals surface area contributed by atoms with Crippen LogP contribution >= 0.6 is 0 Å². The summed E-state index contributed by atoms with van der Waals surface area (Å²) < 4.78 is 12.8. The first-order valence-electron chi connectivity index (χ1n) is 4.00. The van der Waals surface area contributed by atoms with Crippen LogP contribution < -0.4 is 5.32 Å². The van der Waals surface area contributed by atoms with Crippen molar-refractivity contribution in [3.63, 3.8) is 0 Å². The van der Waals surface area contributed by atoms with Crippen LogP contribution in [0.15, 0.2) is 18.2 Å². The van der Waals surface area contributed by atoms with Crippen molar-refractivity contribution < 1.29 is 19.4 Å². The molecule has 0 aliphatic rings. The van der Waals surface area contributed by atoms with E-state index >= 15 is 0 Å². The van der Waals surface area contributed by atoms with Crippen molar-refractivity contribution in [2.45, 2.75) is 6.54 Å². The third-order valence-corrected chi connectivity index (χ3v) is 1.66. The van der Waals surface area contributed by atoms with Gasteiger partial charge in [0.1, 0.15) is 0 Å². The summed E-state index contributed by atoms with van der Waals surface area (Å²) in [7, 11) is 0. The number of phenolic OH excluding ortho intramolecular Hbond substituents is 1. The number of para-hydroxylation sites is 1. The number of halogens is 1. The summed E-state index contributed by atoms with van der Waals surface area (Å²) in [5, 5.41) is 20.1. The number of carboxylic acid groups (broad SMARTS) is 1. The van der Waals surface area contributed by atoms with Crippen molar-refractivity contribution in [2.24, 2.45) is 0 Å². The molecule has 0 aromatic heterocycles. The number of aliphatic carboxylic acids is 1. The number of aromatic hydroxyl groups is 1. The Kier molecular flexibility index (Phi) is 3.41. The monoisotopic (exact) mass is 199 g/mol. The lowest BCUT2D eigenvalue weighted by atomic mass is 10.2. The molecule has 5 heteroatoms. The van der Waals surface area contributed by atoms with Gasteiger partial charge in [0.2, 0.25) is 0 Å². The zero-order valence-electron chi connectivity index (χ0n) is 7.33. The Morgan fingerprint density at radius 2 is 2.21 bits per heavy atom. The van der Waals surface area contributed by atoms with Gasteiger partial charge in [0, 0.05) is 12.1 Å². The zero-order chi connectivity index (χ0) is 10.6. The van der Waals surface area contributed by atoms with Gasteiger partial charge in [0.15, 0.2) is 11.6 Å². The third-order valence-electron chi connectivity index (χ3n) is 1.66. The summed E-state index contributed by atoms with van der Waals surface area (Å²) >= 11 is 0. The first kappa shape index (κ1) is 10.5. The van der Waals surface area contributed by atoms with Crippen LogP contribution in [-0.4, -0.2) is 22.7 Å². The highest BCUT2D eigenvalue weighted by Gasteiger charge is 2.05. The number of hydrogen-bond acceptors (Lipinski definition) is 3. The van der Waals surface area contributed by atoms with E-state index in [9.17, 15) is 14.3 Å². The number of hydrogen-bond donors (Lipinski definition) is 3. The summed E-state index contributed by atoms with van der Waals surface area (Å²) in [5.41, 5.74) is 0.339. The highest BCUT2D eigenvalue weighted by atomic mass is 19.1. The predicted molar refractivity (Wildman–Crippen MR) is 47.4 cm³/mol. The van der Waals surface area contributed by atoms with Crippen LogP contribution in [0.1, 0.15) is 5.56 Å². The van der Waals surface area contributed by atoms with Crippen molar-refractivity contribution in [1.29, 1.82) is 0 Å². The van der Waals surface area contributed by atoms with Crippen LogP contribution in [0.5, 0.6) is 5.75 Å². The number of rotatable bonds is 4. The van der Waals surface area contributed by atoms with Gasteiger partial charge in [-0.3, -0.25) is 4.79 Å². The molecule has 4 nitrogen and oxygen atoms in total. The Labute approximate surface area is 80.0 Å². The quantitative estimate of drug-likeness (QED) is 0.667. The van der Waals surface area contributed by atoms with E-state index in [0.29, 0.717) is 5.56 Å². The molecule has 0 heterocycles. The maximum atomic E-state index is 12.8. The van der Waals surface area contributed by atoms with Crippen molar-refractivity contribution in [3.8, 4) is 5.75 Å². The third kappa shape index (κ3) is 2.70. The Bertz CT molecular complexity index is 341. The smallest absolute Gasteiger partial charge is 0.317 e. The van der Waals surface area contributed by atoms with E-state index in [1.54, 1.807) is 0 Å². The lowest BCUT2D eigenvalue weighted by Crippen LogP contribution is -2.21. The van der Waals surface area contributed by atoms with E-state index < -0.39 is 17.5 Å². The highest BCUT2D eigenvalue weighted by Crippen LogP contribution is 2.19. The molecule has 0 saturated carbocycles. The summed E-state index contributed by atoms with van der Waals surface area (Å²) in [6.07, 6.45) is 0. The minimum Gasteiger partial charge on any atom is -0.505 e. The average Bonchev–Trinajstić information content (AvgIpc) is 2.12. The van der Waals surface area contributed by atoms with Crippen LogP contribution in [0.2, 0.25) is 0 Å². The molecule has 0 aliphatic heterocycles. The van der Waals surface area contributed by atoms with Crippen molar-refractivity contribution in [3.05, 3.63) is 29.6 Å². The molecule has 0 atom stereocenters. The van der Waals surface area contributed by atoms with Crippen LogP contribution in [0.25, 0.3) is 0 Å². The van der Waals surface area contributed by atoms with Gasteiger partial charge in [-0.05, 0) is 6.07 Å².